The van der Waals surface area contributed by atoms with E-state index in [4.69, 9.17) is 0 Å². The van der Waals surface area contributed by atoms with E-state index >= 15 is 0 Å². The van der Waals surface area contributed by atoms with Crippen LogP contribution in [0.3, 0.4) is 0 Å². The average molecular weight is 354 g/mol. The molecule has 2 aromatic carbocycles. The van der Waals surface area contributed by atoms with Gasteiger partial charge in [-0.3, -0.25) is 0 Å². The minimum Gasteiger partial charge on any atom is -0.546 e. The van der Waals surface area contributed by atoms with Crippen molar-refractivity contribution in [2.45, 2.75) is 39.7 Å². The molecule has 0 heterocycles. The molecule has 0 amide bonds. The summed E-state index contributed by atoms with van der Waals surface area (Å²) in [6.45, 7) is 10.5. The van der Waals surface area contributed by atoms with Gasteiger partial charge in [-0.05, 0) is 61.2 Å². The Hall–Kier alpha value is -2.17. The number of aliphatic hydroxyl groups is 1. The van der Waals surface area contributed by atoms with Crippen molar-refractivity contribution < 1.29 is 15.0 Å². The molecule has 1 unspecified atom stereocenters. The minimum atomic E-state index is -2.17. The number of hydrogen-bond donors (Lipinski definition) is 1. The molecule has 4 nitrogen and oxygen atoms in total. The van der Waals surface area contributed by atoms with Crippen LogP contribution in [0.15, 0.2) is 42.5 Å². The maximum atomic E-state index is 12.2. The summed E-state index contributed by atoms with van der Waals surface area (Å²) in [5.74, 6) is -1.50. The SMILES string of the molecule is CCN(CC)CCc1ccccc1C(O)(C(=O)[O-])c1c(C)cccc1C. The van der Waals surface area contributed by atoms with E-state index in [2.05, 4.69) is 18.7 Å². The third-order valence-corrected chi connectivity index (χ3v) is 5.14. The molecule has 0 spiro atoms. The third kappa shape index (κ3) is 3.81. The fourth-order valence-electron chi connectivity index (χ4n) is 3.64. The summed E-state index contributed by atoms with van der Waals surface area (Å²) >= 11 is 0. The molecule has 140 valence electrons. The quantitative estimate of drug-likeness (QED) is 0.789. The summed E-state index contributed by atoms with van der Waals surface area (Å²) in [6.07, 6.45) is 0.665. The van der Waals surface area contributed by atoms with Crippen LogP contribution in [0.2, 0.25) is 0 Å². The van der Waals surface area contributed by atoms with Gasteiger partial charge in [0.05, 0.1) is 5.97 Å². The van der Waals surface area contributed by atoms with Gasteiger partial charge in [0.2, 0.25) is 0 Å². The lowest BCUT2D eigenvalue weighted by atomic mass is 9.79. The summed E-state index contributed by atoms with van der Waals surface area (Å²) in [4.78, 5) is 14.4. The maximum Gasteiger partial charge on any atom is 0.155 e. The topological polar surface area (TPSA) is 63.6 Å². The summed E-state index contributed by atoms with van der Waals surface area (Å²) < 4.78 is 0. The van der Waals surface area contributed by atoms with Crippen molar-refractivity contribution in [2.75, 3.05) is 19.6 Å². The molecule has 0 aliphatic carbocycles. The van der Waals surface area contributed by atoms with Crippen LogP contribution in [-0.2, 0) is 16.8 Å². The van der Waals surface area contributed by atoms with E-state index < -0.39 is 11.6 Å². The Bertz CT molecular complexity index is 747. The molecule has 26 heavy (non-hydrogen) atoms. The van der Waals surface area contributed by atoms with E-state index in [1.807, 2.05) is 44.2 Å². The number of aryl methyl sites for hydroxylation is 2. The lowest BCUT2D eigenvalue weighted by molar-refractivity contribution is -0.323. The van der Waals surface area contributed by atoms with E-state index in [0.717, 1.165) is 36.3 Å². The van der Waals surface area contributed by atoms with E-state index in [1.165, 1.54) is 0 Å². The molecule has 0 radical (unpaired) electrons. The van der Waals surface area contributed by atoms with Crippen LogP contribution >= 0.6 is 0 Å². The number of nitrogens with zero attached hydrogens (tertiary/aromatic N) is 1. The average Bonchev–Trinajstić information content (AvgIpc) is 2.62. The van der Waals surface area contributed by atoms with Crippen LogP contribution in [0.1, 0.15) is 41.7 Å². The first kappa shape index (κ1) is 20.1. The lowest BCUT2D eigenvalue weighted by Gasteiger charge is -2.35. The first-order chi connectivity index (χ1) is 12.4. The number of aliphatic carboxylic acids is 1. The summed E-state index contributed by atoms with van der Waals surface area (Å²) in [5.41, 5.74) is 0.911. The highest BCUT2D eigenvalue weighted by Crippen LogP contribution is 2.36. The van der Waals surface area contributed by atoms with Gasteiger partial charge in [0, 0.05) is 6.54 Å². The van der Waals surface area contributed by atoms with Crippen molar-refractivity contribution in [1.29, 1.82) is 0 Å². The molecule has 2 aromatic rings. The molecule has 4 heteroatoms. The largest absolute Gasteiger partial charge is 0.546 e. The normalized spacial score (nSPS) is 13.6. The fourth-order valence-corrected chi connectivity index (χ4v) is 3.64. The lowest BCUT2D eigenvalue weighted by Crippen LogP contribution is -2.48. The number of carbonyl (C=O) groups is 1. The van der Waals surface area contributed by atoms with E-state index in [1.54, 1.807) is 12.1 Å². The molecular formula is C22H28NO3-. The predicted octanol–water partition coefficient (Wildman–Crippen LogP) is 2.17. The van der Waals surface area contributed by atoms with Crippen molar-refractivity contribution in [3.63, 3.8) is 0 Å². The second-order valence-electron chi connectivity index (χ2n) is 6.70. The Balaban J connectivity index is 2.57. The molecule has 0 aromatic heterocycles. The standard InChI is InChI=1S/C22H29NO3/c1-5-23(6-2)15-14-18-12-7-8-13-19(18)22(26,21(24)25)20-16(3)10-9-11-17(20)4/h7-13,26H,5-6,14-15H2,1-4H3,(H,24,25)/p-1. The zero-order chi connectivity index (χ0) is 19.3. The number of carboxylic acids is 1. The summed E-state index contributed by atoms with van der Waals surface area (Å²) in [7, 11) is 0. The Kier molecular flexibility index (Phi) is 6.57. The number of carbonyl (C=O) groups excluding carboxylic acids is 1. The summed E-state index contributed by atoms with van der Waals surface area (Å²) in [6, 6.07) is 12.7. The van der Waals surface area contributed by atoms with Gasteiger partial charge in [-0.2, -0.15) is 0 Å². The van der Waals surface area contributed by atoms with Crippen LogP contribution in [0.5, 0.6) is 0 Å². The number of likely N-dealkylation sites (N-methyl/N-ethyl adjacent to an activating group) is 1. The molecule has 2 rings (SSSR count). The number of rotatable bonds is 8. The van der Waals surface area contributed by atoms with Gasteiger partial charge in [-0.1, -0.05) is 56.3 Å². The monoisotopic (exact) mass is 354 g/mol. The number of hydrogen-bond acceptors (Lipinski definition) is 4. The third-order valence-electron chi connectivity index (χ3n) is 5.14. The zero-order valence-corrected chi connectivity index (χ0v) is 16.1. The molecule has 0 saturated heterocycles. The zero-order valence-electron chi connectivity index (χ0n) is 16.1. The van der Waals surface area contributed by atoms with Gasteiger partial charge < -0.3 is 19.9 Å². The Labute approximate surface area is 156 Å². The summed E-state index contributed by atoms with van der Waals surface area (Å²) in [5, 5.41) is 23.5. The van der Waals surface area contributed by atoms with Crippen LogP contribution < -0.4 is 5.11 Å². The van der Waals surface area contributed by atoms with Crippen LogP contribution in [0, 0.1) is 13.8 Å². The van der Waals surface area contributed by atoms with Crippen molar-refractivity contribution in [3.05, 3.63) is 70.3 Å². The van der Waals surface area contributed by atoms with Gasteiger partial charge >= 0.3 is 0 Å². The van der Waals surface area contributed by atoms with Crippen LogP contribution in [-0.4, -0.2) is 35.6 Å². The van der Waals surface area contributed by atoms with Gasteiger partial charge in [0.15, 0.2) is 5.60 Å². The van der Waals surface area contributed by atoms with Gasteiger partial charge in [-0.25, -0.2) is 0 Å². The minimum absolute atomic E-state index is 0.393. The van der Waals surface area contributed by atoms with Gasteiger partial charge in [0.1, 0.15) is 0 Å². The highest BCUT2D eigenvalue weighted by atomic mass is 16.4. The first-order valence-corrected chi connectivity index (χ1v) is 9.17. The van der Waals surface area contributed by atoms with E-state index in [0.29, 0.717) is 17.5 Å². The molecule has 1 atom stereocenters. The molecule has 0 saturated carbocycles. The molecule has 0 fully saturated rings. The fraction of sp³-hybridized carbons (Fsp3) is 0.409. The van der Waals surface area contributed by atoms with Crippen molar-refractivity contribution >= 4 is 5.97 Å². The van der Waals surface area contributed by atoms with Gasteiger partial charge in [0.25, 0.3) is 0 Å². The smallest absolute Gasteiger partial charge is 0.155 e. The van der Waals surface area contributed by atoms with Gasteiger partial charge in [-0.15, -0.1) is 0 Å². The second kappa shape index (κ2) is 8.47. The Morgan fingerprint density at radius 1 is 1.04 bits per heavy atom. The van der Waals surface area contributed by atoms with E-state index in [-0.39, 0.29) is 0 Å². The predicted molar refractivity (Wildman–Crippen MR) is 102 cm³/mol. The first-order valence-electron chi connectivity index (χ1n) is 9.17. The van der Waals surface area contributed by atoms with Crippen molar-refractivity contribution in [3.8, 4) is 0 Å². The molecule has 0 aliphatic heterocycles. The van der Waals surface area contributed by atoms with E-state index in [9.17, 15) is 15.0 Å². The maximum absolute atomic E-state index is 12.2. The molecule has 0 aliphatic rings. The van der Waals surface area contributed by atoms with Crippen LogP contribution in [0.4, 0.5) is 0 Å². The molecule has 1 N–H and O–H groups in total. The Morgan fingerprint density at radius 3 is 2.15 bits per heavy atom. The highest BCUT2D eigenvalue weighted by Gasteiger charge is 2.37. The second-order valence-corrected chi connectivity index (χ2v) is 6.70. The van der Waals surface area contributed by atoms with Crippen LogP contribution in [0.25, 0.3) is 0 Å². The highest BCUT2D eigenvalue weighted by molar-refractivity contribution is 5.83. The Morgan fingerprint density at radius 2 is 1.62 bits per heavy atom. The molecular weight excluding hydrogens is 326 g/mol. The van der Waals surface area contributed by atoms with Crippen molar-refractivity contribution in [2.24, 2.45) is 0 Å². The number of carboxylic acid groups (broad SMARTS) is 1. The van der Waals surface area contributed by atoms with Crippen molar-refractivity contribution in [1.82, 2.24) is 4.90 Å². The number of benzene rings is 2. The molecule has 0 bridgehead atoms.